The molecule has 3 aromatic heterocycles. The molecule has 0 saturated heterocycles. The van der Waals surface area contributed by atoms with Crippen LogP contribution in [0.3, 0.4) is 0 Å². The molecule has 110 valence electrons. The van der Waals surface area contributed by atoms with Crippen molar-refractivity contribution in [3.05, 3.63) is 34.9 Å². The minimum Gasteiger partial charge on any atom is -0.448 e. The zero-order valence-corrected chi connectivity index (χ0v) is 13.5. The predicted octanol–water partition coefficient (Wildman–Crippen LogP) is 3.56. The van der Waals surface area contributed by atoms with Crippen LogP contribution in [0.15, 0.2) is 33.6 Å². The highest BCUT2D eigenvalue weighted by Gasteiger charge is 2.17. The maximum atomic E-state index is 12.3. The molecule has 0 aliphatic rings. The fourth-order valence-electron chi connectivity index (χ4n) is 2.18. The first kappa shape index (κ1) is 13.9. The molecule has 0 saturated carbocycles. The number of hydrogen-bond acceptors (Lipinski definition) is 3. The van der Waals surface area contributed by atoms with Crippen LogP contribution >= 0.6 is 15.9 Å². The Kier molecular flexibility index (Phi) is 3.36. The molecule has 0 aliphatic carbocycles. The largest absolute Gasteiger partial charge is 0.448 e. The van der Waals surface area contributed by atoms with E-state index in [0.29, 0.717) is 21.6 Å². The van der Waals surface area contributed by atoms with Crippen molar-refractivity contribution in [2.75, 3.05) is 5.32 Å². The number of amides is 1. The van der Waals surface area contributed by atoms with Gasteiger partial charge in [0.25, 0.3) is 5.91 Å². The number of hydrogen-bond donors (Lipinski definition) is 1. The summed E-state index contributed by atoms with van der Waals surface area (Å²) < 4.78 is 9.70. The fraction of sp³-hybridized carbons (Fsp3) is 0.286. The smallest absolute Gasteiger partial charge is 0.272 e. The monoisotopic (exact) mass is 350 g/mol. The molecule has 3 rings (SSSR count). The molecule has 0 fully saturated rings. The molecule has 0 bridgehead atoms. The second kappa shape index (κ2) is 5.07. The number of fused-ring (bicyclic) bond motifs is 1. The summed E-state index contributed by atoms with van der Waals surface area (Å²) in [6, 6.07) is 3.82. The van der Waals surface area contributed by atoms with E-state index in [2.05, 4.69) is 26.3 Å². The van der Waals surface area contributed by atoms with Gasteiger partial charge >= 0.3 is 0 Å². The van der Waals surface area contributed by atoms with Crippen LogP contribution < -0.4 is 5.32 Å². The van der Waals surface area contributed by atoms with E-state index in [-0.39, 0.29) is 11.9 Å². The van der Waals surface area contributed by atoms with Crippen LogP contribution in [0.25, 0.3) is 11.1 Å². The van der Waals surface area contributed by atoms with Crippen LogP contribution in [-0.2, 0) is 7.05 Å². The van der Waals surface area contributed by atoms with Crippen LogP contribution in [0.1, 0.15) is 30.4 Å². The van der Waals surface area contributed by atoms with Crippen molar-refractivity contribution in [3.8, 4) is 0 Å². The number of furan rings is 1. The van der Waals surface area contributed by atoms with Gasteiger partial charge in [-0.2, -0.15) is 5.10 Å². The van der Waals surface area contributed by atoms with Crippen molar-refractivity contribution in [1.29, 1.82) is 0 Å². The molecule has 0 unspecified atom stereocenters. The molecule has 1 N–H and O–H groups in total. The van der Waals surface area contributed by atoms with Crippen LogP contribution in [-0.4, -0.2) is 20.3 Å². The third-order valence-electron chi connectivity index (χ3n) is 3.32. The number of aromatic nitrogens is 3. The van der Waals surface area contributed by atoms with Gasteiger partial charge < -0.3 is 14.3 Å². The summed E-state index contributed by atoms with van der Waals surface area (Å²) in [7, 11) is 1.83. The van der Waals surface area contributed by atoms with Gasteiger partial charge in [-0.25, -0.2) is 0 Å². The lowest BCUT2D eigenvalue weighted by molar-refractivity contribution is 0.101. The Balaban J connectivity index is 1.86. The van der Waals surface area contributed by atoms with E-state index in [1.807, 2.05) is 33.2 Å². The van der Waals surface area contributed by atoms with Crippen molar-refractivity contribution < 1.29 is 9.21 Å². The first-order valence-corrected chi connectivity index (χ1v) is 7.35. The predicted molar refractivity (Wildman–Crippen MR) is 83.5 cm³/mol. The Morgan fingerprint density at radius 3 is 2.81 bits per heavy atom. The molecule has 6 nitrogen and oxygen atoms in total. The summed E-state index contributed by atoms with van der Waals surface area (Å²) in [6.45, 7) is 4.06. The quantitative estimate of drug-likeness (QED) is 0.785. The summed E-state index contributed by atoms with van der Waals surface area (Å²) in [4.78, 5) is 12.3. The maximum absolute atomic E-state index is 12.3. The third kappa shape index (κ3) is 2.49. The minimum atomic E-state index is -0.191. The summed E-state index contributed by atoms with van der Waals surface area (Å²) >= 11 is 3.28. The van der Waals surface area contributed by atoms with Gasteiger partial charge in [-0.15, -0.1) is 0 Å². The number of rotatable bonds is 3. The summed E-state index contributed by atoms with van der Waals surface area (Å²) in [5.74, 6) is -0.191. The summed E-state index contributed by atoms with van der Waals surface area (Å²) in [6.07, 6.45) is 3.45. The number of carbonyl (C=O) groups is 1. The lowest BCUT2D eigenvalue weighted by Gasteiger charge is -2.05. The van der Waals surface area contributed by atoms with Crippen molar-refractivity contribution in [2.45, 2.75) is 19.9 Å². The average molecular weight is 351 g/mol. The van der Waals surface area contributed by atoms with E-state index in [0.717, 1.165) is 5.52 Å². The average Bonchev–Trinajstić information content (AvgIpc) is 3.07. The molecule has 0 atom stereocenters. The van der Waals surface area contributed by atoms with Crippen LogP contribution in [0.4, 0.5) is 5.69 Å². The van der Waals surface area contributed by atoms with Crippen molar-refractivity contribution >= 4 is 38.6 Å². The van der Waals surface area contributed by atoms with Gasteiger partial charge in [-0.1, -0.05) is 0 Å². The van der Waals surface area contributed by atoms with Gasteiger partial charge in [-0.05, 0) is 29.8 Å². The van der Waals surface area contributed by atoms with Gasteiger partial charge in [0.1, 0.15) is 5.69 Å². The summed E-state index contributed by atoms with van der Waals surface area (Å²) in [5.41, 5.74) is 2.75. The second-order valence-corrected chi connectivity index (χ2v) is 5.93. The van der Waals surface area contributed by atoms with Crippen LogP contribution in [0, 0.1) is 0 Å². The van der Waals surface area contributed by atoms with Crippen molar-refractivity contribution in [2.24, 2.45) is 7.05 Å². The zero-order valence-electron chi connectivity index (χ0n) is 11.9. The van der Waals surface area contributed by atoms with E-state index in [1.54, 1.807) is 21.5 Å². The molecule has 0 aliphatic heterocycles. The Hall–Kier alpha value is -2.02. The number of nitrogens with zero attached hydrogens (tertiary/aromatic N) is 3. The van der Waals surface area contributed by atoms with Crippen molar-refractivity contribution in [1.82, 2.24) is 14.3 Å². The topological polar surface area (TPSA) is 65.0 Å². The SMILES string of the molecule is CC(C)n1cc(NC(=O)c2cc3oc(Br)cc3n2C)cn1. The van der Waals surface area contributed by atoms with Gasteiger partial charge in [0.15, 0.2) is 10.3 Å². The van der Waals surface area contributed by atoms with E-state index < -0.39 is 0 Å². The first-order valence-electron chi connectivity index (χ1n) is 6.56. The van der Waals surface area contributed by atoms with E-state index in [1.165, 1.54) is 0 Å². The van der Waals surface area contributed by atoms with Gasteiger partial charge in [0.05, 0.1) is 17.4 Å². The maximum Gasteiger partial charge on any atom is 0.272 e. The summed E-state index contributed by atoms with van der Waals surface area (Å²) in [5, 5.41) is 7.04. The molecular weight excluding hydrogens is 336 g/mol. The van der Waals surface area contributed by atoms with Crippen LogP contribution in [0.5, 0.6) is 0 Å². The first-order chi connectivity index (χ1) is 9.95. The highest BCUT2D eigenvalue weighted by molar-refractivity contribution is 9.10. The van der Waals surface area contributed by atoms with Gasteiger partial charge in [-0.3, -0.25) is 9.48 Å². The van der Waals surface area contributed by atoms with Crippen molar-refractivity contribution in [3.63, 3.8) is 0 Å². The van der Waals surface area contributed by atoms with E-state index in [9.17, 15) is 4.79 Å². The molecule has 7 heteroatoms. The molecule has 21 heavy (non-hydrogen) atoms. The normalized spacial score (nSPS) is 11.5. The second-order valence-electron chi connectivity index (χ2n) is 5.15. The molecular formula is C14H15BrN4O2. The lowest BCUT2D eigenvalue weighted by Crippen LogP contribution is -2.15. The van der Waals surface area contributed by atoms with E-state index in [4.69, 9.17) is 4.42 Å². The molecule has 0 spiro atoms. The Morgan fingerprint density at radius 1 is 1.43 bits per heavy atom. The number of anilines is 1. The molecule has 3 heterocycles. The standard InChI is InChI=1S/C14H15BrN4O2/c1-8(2)19-7-9(6-16-19)17-14(20)11-4-12-10(18(11)3)5-13(15)21-12/h4-8H,1-3H3,(H,17,20). The number of aryl methyl sites for hydroxylation is 1. The molecule has 0 radical (unpaired) electrons. The third-order valence-corrected chi connectivity index (χ3v) is 3.71. The highest BCUT2D eigenvalue weighted by Crippen LogP contribution is 2.26. The van der Waals surface area contributed by atoms with Crippen LogP contribution in [0.2, 0.25) is 0 Å². The molecule has 1 amide bonds. The number of nitrogens with one attached hydrogen (secondary N) is 1. The highest BCUT2D eigenvalue weighted by atomic mass is 79.9. The van der Waals surface area contributed by atoms with Gasteiger partial charge in [0.2, 0.25) is 0 Å². The Labute approximate surface area is 129 Å². The number of carbonyl (C=O) groups excluding carboxylic acids is 1. The fourth-order valence-corrected chi connectivity index (χ4v) is 2.57. The number of halogens is 1. The van der Waals surface area contributed by atoms with Gasteiger partial charge in [0, 0.05) is 31.4 Å². The minimum absolute atomic E-state index is 0.191. The lowest BCUT2D eigenvalue weighted by atomic mass is 10.4. The van der Waals surface area contributed by atoms with E-state index >= 15 is 0 Å². The molecule has 3 aromatic rings. The Morgan fingerprint density at radius 2 is 2.19 bits per heavy atom. The Bertz CT molecular complexity index is 812. The zero-order chi connectivity index (χ0) is 15.1. The molecule has 0 aromatic carbocycles.